The van der Waals surface area contributed by atoms with E-state index in [1.165, 1.54) is 0 Å². The average molecular weight is 343 g/mol. The fourth-order valence-electron chi connectivity index (χ4n) is 4.47. The summed E-state index contributed by atoms with van der Waals surface area (Å²) in [7, 11) is 0. The molecule has 134 valence electrons. The molecule has 1 aliphatic heterocycles. The van der Waals surface area contributed by atoms with E-state index in [1.807, 2.05) is 11.8 Å². The molecule has 1 saturated heterocycles. The summed E-state index contributed by atoms with van der Waals surface area (Å²) in [4.78, 5) is 22.6. The summed E-state index contributed by atoms with van der Waals surface area (Å²) in [6.07, 6.45) is 4.85. The van der Waals surface area contributed by atoms with Gasteiger partial charge in [0.2, 0.25) is 11.8 Å². The van der Waals surface area contributed by atoms with E-state index in [0.29, 0.717) is 29.9 Å². The molecule has 2 atom stereocenters. The number of hydrogen-bond donors (Lipinski definition) is 1. The number of carbonyl (C=O) groups is 1. The number of amides is 1. The molecule has 2 aromatic heterocycles. The van der Waals surface area contributed by atoms with Gasteiger partial charge in [-0.3, -0.25) is 4.79 Å². The standard InChI is InChI=1S/C18H25N5O2/c1-11-21-22-16(25-11)18-7-5-6-12(18)8-23(9-18)15(24)13-14(17(2,3)4)20-10-19-13/h10,12H,5-9H2,1-4H3,(H,19,20)/t12-,18-/m0/s1. The Kier molecular flexibility index (Phi) is 3.53. The second-order valence-electron chi connectivity index (χ2n) is 8.43. The van der Waals surface area contributed by atoms with Crippen molar-refractivity contribution in [1.82, 2.24) is 25.1 Å². The zero-order chi connectivity index (χ0) is 17.8. The van der Waals surface area contributed by atoms with Crippen molar-refractivity contribution in [1.29, 1.82) is 0 Å². The highest BCUT2D eigenvalue weighted by atomic mass is 16.4. The first-order valence-corrected chi connectivity index (χ1v) is 8.95. The van der Waals surface area contributed by atoms with E-state index in [0.717, 1.165) is 31.5 Å². The van der Waals surface area contributed by atoms with Gasteiger partial charge in [0.25, 0.3) is 5.91 Å². The summed E-state index contributed by atoms with van der Waals surface area (Å²) in [6.45, 7) is 9.43. The molecule has 0 radical (unpaired) electrons. The second-order valence-corrected chi connectivity index (χ2v) is 8.43. The fraction of sp³-hybridized carbons (Fsp3) is 0.667. The highest BCUT2D eigenvalue weighted by molar-refractivity contribution is 5.94. The van der Waals surface area contributed by atoms with Gasteiger partial charge in [-0.05, 0) is 18.8 Å². The fourth-order valence-corrected chi connectivity index (χ4v) is 4.47. The van der Waals surface area contributed by atoms with Gasteiger partial charge in [-0.1, -0.05) is 27.2 Å². The van der Waals surface area contributed by atoms with E-state index in [4.69, 9.17) is 4.42 Å². The zero-order valence-corrected chi connectivity index (χ0v) is 15.3. The van der Waals surface area contributed by atoms with E-state index in [9.17, 15) is 4.79 Å². The molecule has 2 fully saturated rings. The minimum absolute atomic E-state index is 0.00353. The van der Waals surface area contributed by atoms with Gasteiger partial charge in [-0.25, -0.2) is 4.98 Å². The van der Waals surface area contributed by atoms with Gasteiger partial charge in [0.05, 0.1) is 17.4 Å². The molecule has 0 bridgehead atoms. The Balaban J connectivity index is 1.64. The van der Waals surface area contributed by atoms with E-state index in [1.54, 1.807) is 6.33 Å². The van der Waals surface area contributed by atoms with Crippen LogP contribution >= 0.6 is 0 Å². The van der Waals surface area contributed by atoms with Crippen molar-refractivity contribution >= 4 is 5.91 Å². The number of nitrogens with zero attached hydrogens (tertiary/aromatic N) is 4. The van der Waals surface area contributed by atoms with E-state index in [-0.39, 0.29) is 16.7 Å². The number of aryl methyl sites for hydroxylation is 1. The first kappa shape index (κ1) is 16.3. The lowest BCUT2D eigenvalue weighted by Gasteiger charge is -2.25. The van der Waals surface area contributed by atoms with Gasteiger partial charge >= 0.3 is 0 Å². The van der Waals surface area contributed by atoms with Gasteiger partial charge in [0.15, 0.2) is 0 Å². The van der Waals surface area contributed by atoms with Crippen molar-refractivity contribution in [2.45, 2.75) is 57.8 Å². The molecule has 1 amide bonds. The molecular weight excluding hydrogens is 318 g/mol. The molecule has 7 heteroatoms. The molecule has 0 spiro atoms. The minimum atomic E-state index is -0.185. The highest BCUT2D eigenvalue weighted by Crippen LogP contribution is 2.50. The molecule has 4 rings (SSSR count). The van der Waals surface area contributed by atoms with E-state index in [2.05, 4.69) is 40.9 Å². The Morgan fingerprint density at radius 3 is 2.88 bits per heavy atom. The van der Waals surface area contributed by atoms with Crippen molar-refractivity contribution in [2.24, 2.45) is 5.92 Å². The molecule has 0 aromatic carbocycles. The highest BCUT2D eigenvalue weighted by Gasteiger charge is 2.55. The van der Waals surface area contributed by atoms with Crippen LogP contribution in [0, 0.1) is 12.8 Å². The van der Waals surface area contributed by atoms with Crippen molar-refractivity contribution in [3.05, 3.63) is 29.5 Å². The number of likely N-dealkylation sites (tertiary alicyclic amines) is 1. The first-order chi connectivity index (χ1) is 11.8. The van der Waals surface area contributed by atoms with Crippen LogP contribution in [0.25, 0.3) is 0 Å². The van der Waals surface area contributed by atoms with E-state index >= 15 is 0 Å². The van der Waals surface area contributed by atoms with Crippen molar-refractivity contribution in [3.63, 3.8) is 0 Å². The first-order valence-electron chi connectivity index (χ1n) is 8.95. The lowest BCUT2D eigenvalue weighted by molar-refractivity contribution is 0.0767. The normalized spacial score (nSPS) is 26.2. The number of nitrogens with one attached hydrogen (secondary N) is 1. The van der Waals surface area contributed by atoms with Gasteiger partial charge in [-0.2, -0.15) is 0 Å². The minimum Gasteiger partial charge on any atom is -0.425 e. The Morgan fingerprint density at radius 1 is 1.40 bits per heavy atom. The average Bonchev–Trinajstić information content (AvgIpc) is 3.27. The Morgan fingerprint density at radius 2 is 2.20 bits per heavy atom. The third kappa shape index (κ3) is 2.48. The maximum atomic E-state index is 13.2. The van der Waals surface area contributed by atoms with Crippen molar-refractivity contribution in [3.8, 4) is 0 Å². The predicted molar refractivity (Wildman–Crippen MR) is 91.2 cm³/mol. The molecule has 2 aromatic rings. The van der Waals surface area contributed by atoms with Gasteiger partial charge in [0.1, 0.15) is 5.69 Å². The molecule has 0 unspecified atom stereocenters. The molecule has 1 aliphatic carbocycles. The van der Waals surface area contributed by atoms with Crippen LogP contribution in [0.1, 0.15) is 68.0 Å². The van der Waals surface area contributed by atoms with Crippen LogP contribution in [-0.2, 0) is 10.8 Å². The van der Waals surface area contributed by atoms with Crippen LogP contribution in [-0.4, -0.2) is 44.1 Å². The lowest BCUT2D eigenvalue weighted by Crippen LogP contribution is -2.36. The maximum Gasteiger partial charge on any atom is 0.274 e. The Bertz CT molecular complexity index is 802. The third-order valence-corrected chi connectivity index (χ3v) is 5.70. The zero-order valence-electron chi connectivity index (χ0n) is 15.3. The molecule has 1 saturated carbocycles. The third-order valence-electron chi connectivity index (χ3n) is 5.70. The summed E-state index contributed by atoms with van der Waals surface area (Å²) in [5, 5.41) is 8.31. The number of rotatable bonds is 2. The largest absolute Gasteiger partial charge is 0.425 e. The van der Waals surface area contributed by atoms with Gasteiger partial charge in [0, 0.05) is 25.4 Å². The smallest absolute Gasteiger partial charge is 0.274 e. The quantitative estimate of drug-likeness (QED) is 0.905. The Hall–Kier alpha value is -2.18. The summed E-state index contributed by atoms with van der Waals surface area (Å²) < 4.78 is 5.79. The SMILES string of the molecule is Cc1nnc([C@]23CCC[C@H]2CN(C(=O)c2nc[nH]c2C(C)(C)C)C3)o1. The van der Waals surface area contributed by atoms with Crippen LogP contribution in [0.15, 0.2) is 10.7 Å². The maximum absolute atomic E-state index is 13.2. The van der Waals surface area contributed by atoms with Crippen LogP contribution in [0.5, 0.6) is 0 Å². The van der Waals surface area contributed by atoms with Crippen LogP contribution in [0.4, 0.5) is 0 Å². The van der Waals surface area contributed by atoms with Crippen molar-refractivity contribution < 1.29 is 9.21 Å². The Labute approximate surface area is 147 Å². The number of fused-ring (bicyclic) bond motifs is 1. The summed E-state index contributed by atoms with van der Waals surface area (Å²) in [5.74, 6) is 1.66. The van der Waals surface area contributed by atoms with Crippen molar-refractivity contribution in [2.75, 3.05) is 13.1 Å². The predicted octanol–water partition coefficient (Wildman–Crippen LogP) is 2.59. The molecule has 1 N–H and O–H groups in total. The topological polar surface area (TPSA) is 87.9 Å². The lowest BCUT2D eigenvalue weighted by atomic mass is 9.80. The number of aromatic nitrogens is 4. The van der Waals surface area contributed by atoms with E-state index < -0.39 is 0 Å². The summed E-state index contributed by atoms with van der Waals surface area (Å²) >= 11 is 0. The molecule has 7 nitrogen and oxygen atoms in total. The summed E-state index contributed by atoms with van der Waals surface area (Å²) in [5.41, 5.74) is 1.08. The molecule has 25 heavy (non-hydrogen) atoms. The summed E-state index contributed by atoms with van der Waals surface area (Å²) in [6, 6.07) is 0. The van der Waals surface area contributed by atoms with Gasteiger partial charge in [-0.15, -0.1) is 10.2 Å². The molecule has 3 heterocycles. The number of aromatic amines is 1. The number of H-pyrrole nitrogens is 1. The van der Waals surface area contributed by atoms with Crippen LogP contribution < -0.4 is 0 Å². The van der Waals surface area contributed by atoms with Crippen LogP contribution in [0.2, 0.25) is 0 Å². The molecular formula is C18H25N5O2. The number of carbonyl (C=O) groups excluding carboxylic acids is 1. The molecule has 2 aliphatic rings. The monoisotopic (exact) mass is 343 g/mol. The van der Waals surface area contributed by atoms with Crippen LogP contribution in [0.3, 0.4) is 0 Å². The van der Waals surface area contributed by atoms with Gasteiger partial charge < -0.3 is 14.3 Å². The second kappa shape index (κ2) is 5.41. The number of hydrogen-bond acceptors (Lipinski definition) is 5. The number of imidazole rings is 1.